The zero-order valence-electron chi connectivity index (χ0n) is 18.1. The van der Waals surface area contributed by atoms with Gasteiger partial charge in [-0.2, -0.15) is 0 Å². The highest BCUT2D eigenvalue weighted by Gasteiger charge is 2.63. The van der Waals surface area contributed by atoms with E-state index < -0.39 is 75.2 Å². The van der Waals surface area contributed by atoms with Crippen molar-refractivity contribution in [2.24, 2.45) is 17.6 Å². The van der Waals surface area contributed by atoms with Gasteiger partial charge in [0, 0.05) is 22.6 Å². The van der Waals surface area contributed by atoms with Gasteiger partial charge < -0.3 is 31.9 Å². The minimum Gasteiger partial charge on any atom is -0.510 e. The fourth-order valence-electron chi connectivity index (χ4n) is 5.50. The lowest BCUT2D eigenvalue weighted by Gasteiger charge is -2.50. The number of carbonyl (C=O) groups is 3. The molecule has 10 nitrogen and oxygen atoms in total. The average Bonchev–Trinajstić information content (AvgIpc) is 2.72. The van der Waals surface area contributed by atoms with Crippen LogP contribution in [0.15, 0.2) is 22.7 Å². The van der Waals surface area contributed by atoms with Gasteiger partial charge in [-0.15, -0.1) is 0 Å². The van der Waals surface area contributed by atoms with Crippen LogP contribution in [-0.4, -0.2) is 68.5 Å². The van der Waals surface area contributed by atoms with Crippen molar-refractivity contribution in [2.75, 3.05) is 19.8 Å². The zero-order valence-corrected chi connectivity index (χ0v) is 18.1. The molecule has 0 unspecified atom stereocenters. The van der Waals surface area contributed by atoms with Crippen LogP contribution in [0, 0.1) is 24.6 Å². The van der Waals surface area contributed by atoms with Crippen molar-refractivity contribution in [1.82, 2.24) is 4.90 Å². The summed E-state index contributed by atoms with van der Waals surface area (Å²) in [5.74, 6) is -8.74. The maximum absolute atomic E-state index is 15.0. The lowest BCUT2D eigenvalue weighted by atomic mass is 9.58. The number of allylic oxidation sites excluding steroid dienone is 1. The molecule has 4 rings (SSSR count). The summed E-state index contributed by atoms with van der Waals surface area (Å²) in [6.45, 7) is 1.35. The Balaban J connectivity index is 2.00. The number of anilines is 1. The Hall–Kier alpha value is -3.44. The molecule has 11 heteroatoms. The van der Waals surface area contributed by atoms with Gasteiger partial charge in [-0.3, -0.25) is 19.3 Å². The van der Waals surface area contributed by atoms with E-state index in [1.807, 2.05) is 0 Å². The molecular weight excluding hydrogens is 437 g/mol. The molecule has 33 heavy (non-hydrogen) atoms. The number of primary amides is 1. The van der Waals surface area contributed by atoms with Crippen molar-refractivity contribution in [2.45, 2.75) is 31.4 Å². The summed E-state index contributed by atoms with van der Waals surface area (Å²) in [5.41, 5.74) is 6.09. The van der Waals surface area contributed by atoms with Crippen LogP contribution < -0.4 is 11.5 Å². The summed E-state index contributed by atoms with van der Waals surface area (Å²) in [5, 5.41) is 43.7. The zero-order chi connectivity index (χ0) is 24.7. The first-order valence-corrected chi connectivity index (χ1v) is 10.2. The van der Waals surface area contributed by atoms with Crippen LogP contribution in [-0.2, 0) is 16.0 Å². The molecule has 0 spiro atoms. The number of aliphatic hydroxyl groups excluding tert-OH is 2. The number of hydrogen-bond donors (Lipinski definition) is 6. The van der Waals surface area contributed by atoms with Crippen LogP contribution in [0.1, 0.15) is 27.9 Å². The van der Waals surface area contributed by atoms with E-state index in [2.05, 4.69) is 0 Å². The molecule has 4 atom stereocenters. The lowest BCUT2D eigenvalue weighted by molar-refractivity contribution is -0.148. The van der Waals surface area contributed by atoms with Crippen molar-refractivity contribution in [3.8, 4) is 5.75 Å². The second-order valence-electron chi connectivity index (χ2n) is 9.02. The Labute approximate surface area is 187 Å². The van der Waals surface area contributed by atoms with E-state index in [9.17, 15) is 39.2 Å². The summed E-state index contributed by atoms with van der Waals surface area (Å²) >= 11 is 0. The molecule has 0 fully saturated rings. The molecule has 8 N–H and O–H groups in total. The van der Waals surface area contributed by atoms with Gasteiger partial charge in [-0.25, -0.2) is 4.39 Å². The summed E-state index contributed by atoms with van der Waals surface area (Å²) in [4.78, 5) is 39.8. The SMILES string of the molecule is Cc1c(N)c(O)c2c(c1F)C[C@H]1C[C@H]3[C@H](N(C)C)C(O)=C(C(N)=O)C(=O)[C@@]3(O)C(O)=C1C2=O. The second-order valence-corrected chi connectivity index (χ2v) is 9.02. The van der Waals surface area contributed by atoms with E-state index in [0.717, 1.165) is 0 Å². The van der Waals surface area contributed by atoms with Gasteiger partial charge >= 0.3 is 0 Å². The molecule has 0 aromatic heterocycles. The number of nitrogens with zero attached hydrogens (tertiary/aromatic N) is 1. The maximum Gasteiger partial charge on any atom is 0.255 e. The number of phenols is 1. The molecule has 1 amide bonds. The molecule has 3 aliphatic carbocycles. The summed E-state index contributed by atoms with van der Waals surface area (Å²) in [7, 11) is 3.05. The molecule has 1 aromatic carbocycles. The minimum atomic E-state index is -2.74. The van der Waals surface area contributed by atoms with Crippen molar-refractivity contribution in [3.63, 3.8) is 0 Å². The van der Waals surface area contributed by atoms with Gasteiger partial charge in [0.05, 0.1) is 17.3 Å². The second kappa shape index (κ2) is 7.03. The molecule has 0 bridgehead atoms. The third kappa shape index (κ3) is 2.69. The van der Waals surface area contributed by atoms with Crippen molar-refractivity contribution >= 4 is 23.2 Å². The van der Waals surface area contributed by atoms with E-state index >= 15 is 0 Å². The highest BCUT2D eigenvalue weighted by molar-refractivity contribution is 6.24. The van der Waals surface area contributed by atoms with E-state index in [4.69, 9.17) is 11.5 Å². The number of halogens is 1. The van der Waals surface area contributed by atoms with E-state index in [0.29, 0.717) is 0 Å². The van der Waals surface area contributed by atoms with Crippen molar-refractivity contribution < 1.29 is 39.2 Å². The molecule has 0 heterocycles. The number of phenolic OH excluding ortho intramolecular Hbond substituents is 1. The fourth-order valence-corrected chi connectivity index (χ4v) is 5.50. The Kier molecular flexibility index (Phi) is 4.84. The molecule has 0 saturated carbocycles. The standard InChI is InChI=1S/C22H24FN3O7/c1-6-13(23)8-4-7-5-9-15(26(2)3)18(29)12(21(25)32)20(31)22(9,33)19(30)10(7)16(27)11(8)17(28)14(6)24/h7,9,15,28-30,33H,4-5,24H2,1-3H3,(H2,25,32)/t7-,9-,15-,22-/m0/s1. The number of benzene rings is 1. The first kappa shape index (κ1) is 22.7. The van der Waals surface area contributed by atoms with Crippen LogP contribution in [0.5, 0.6) is 5.75 Å². The smallest absolute Gasteiger partial charge is 0.255 e. The number of hydrogen-bond acceptors (Lipinski definition) is 9. The van der Waals surface area contributed by atoms with Gasteiger partial charge in [0.15, 0.2) is 11.4 Å². The molecule has 0 saturated heterocycles. The van der Waals surface area contributed by atoms with E-state index in [-0.39, 0.29) is 35.2 Å². The van der Waals surface area contributed by atoms with Gasteiger partial charge in [0.25, 0.3) is 5.91 Å². The van der Waals surface area contributed by atoms with Crippen LogP contribution in [0.2, 0.25) is 0 Å². The molecule has 3 aliphatic rings. The number of nitrogens with two attached hydrogens (primary N) is 2. The van der Waals surface area contributed by atoms with Gasteiger partial charge in [-0.1, -0.05) is 0 Å². The first-order valence-electron chi connectivity index (χ1n) is 10.2. The first-order chi connectivity index (χ1) is 15.3. The summed E-state index contributed by atoms with van der Waals surface area (Å²) < 4.78 is 15.0. The molecular formula is C22H24FN3O7. The third-order valence-electron chi connectivity index (χ3n) is 7.11. The predicted molar refractivity (Wildman–Crippen MR) is 113 cm³/mol. The Morgan fingerprint density at radius 3 is 2.36 bits per heavy atom. The van der Waals surface area contributed by atoms with Gasteiger partial charge in [-0.05, 0) is 39.8 Å². The van der Waals surface area contributed by atoms with E-state index in [1.165, 1.54) is 25.9 Å². The number of aromatic hydroxyl groups is 1. The normalized spacial score (nSPS) is 29.2. The molecule has 176 valence electrons. The van der Waals surface area contributed by atoms with Crippen LogP contribution in [0.25, 0.3) is 0 Å². The number of nitrogen functional groups attached to an aromatic ring is 1. The fraction of sp³-hybridized carbons (Fsp3) is 0.409. The number of aliphatic hydroxyl groups is 3. The molecule has 0 aliphatic heterocycles. The van der Waals surface area contributed by atoms with Crippen molar-refractivity contribution in [3.05, 3.63) is 45.2 Å². The minimum absolute atomic E-state index is 0.0336. The van der Waals surface area contributed by atoms with Crippen molar-refractivity contribution in [1.29, 1.82) is 0 Å². The van der Waals surface area contributed by atoms with Crippen LogP contribution in [0.3, 0.4) is 0 Å². The number of rotatable bonds is 2. The Bertz CT molecular complexity index is 1220. The maximum atomic E-state index is 15.0. The van der Waals surface area contributed by atoms with Crippen LogP contribution >= 0.6 is 0 Å². The highest BCUT2D eigenvalue weighted by Crippen LogP contribution is 2.53. The van der Waals surface area contributed by atoms with Crippen LogP contribution in [0.4, 0.5) is 10.1 Å². The number of likely N-dealkylation sites (N-methyl/N-ethyl adjacent to an activating group) is 1. The quantitative estimate of drug-likeness (QED) is 0.202. The van der Waals surface area contributed by atoms with E-state index in [1.54, 1.807) is 0 Å². The Morgan fingerprint density at radius 2 is 1.82 bits per heavy atom. The van der Waals surface area contributed by atoms with Gasteiger partial charge in [0.1, 0.15) is 28.7 Å². The predicted octanol–water partition coefficient (Wildman–Crippen LogP) is 0.150. The summed E-state index contributed by atoms with van der Waals surface area (Å²) in [6, 6.07) is -1.11. The largest absolute Gasteiger partial charge is 0.510 e. The monoisotopic (exact) mass is 461 g/mol. The number of carbonyl (C=O) groups excluding carboxylic acids is 3. The number of fused-ring (bicyclic) bond motifs is 3. The highest BCUT2D eigenvalue weighted by atomic mass is 19.1. The molecule has 0 radical (unpaired) electrons. The lowest BCUT2D eigenvalue weighted by Crippen LogP contribution is -2.63. The molecule has 1 aromatic rings. The number of Topliss-reactive ketones (excluding diaryl/α,β-unsaturated/α-hetero) is 2. The topological polar surface area (TPSA) is 187 Å². The third-order valence-corrected chi connectivity index (χ3v) is 7.11. The average molecular weight is 461 g/mol. The number of amides is 1. The number of ketones is 2. The Morgan fingerprint density at radius 1 is 1.21 bits per heavy atom. The van der Waals surface area contributed by atoms with Gasteiger partial charge in [0.2, 0.25) is 5.78 Å². The summed E-state index contributed by atoms with van der Waals surface area (Å²) in [6.07, 6.45) is -0.246.